The van der Waals surface area contributed by atoms with Gasteiger partial charge in [0.2, 0.25) is 5.91 Å². The van der Waals surface area contributed by atoms with Gasteiger partial charge in [0, 0.05) is 13.1 Å². The highest BCUT2D eigenvalue weighted by Gasteiger charge is 2.46. The number of hydrogen-bond donors (Lipinski definition) is 0. The van der Waals surface area contributed by atoms with Crippen molar-refractivity contribution in [3.63, 3.8) is 0 Å². The minimum Gasteiger partial charge on any atom is -0.340 e. The summed E-state index contributed by atoms with van der Waals surface area (Å²) in [4.78, 5) is 13.2. The van der Waals surface area contributed by atoms with Crippen LogP contribution in [0.25, 0.3) is 0 Å². The van der Waals surface area contributed by atoms with Gasteiger partial charge in [-0.3, -0.25) is 4.79 Å². The van der Waals surface area contributed by atoms with E-state index in [1.54, 1.807) is 4.90 Å². The fourth-order valence-electron chi connectivity index (χ4n) is 2.23. The highest BCUT2D eigenvalue weighted by molar-refractivity contribution is 5.77. The van der Waals surface area contributed by atoms with Gasteiger partial charge in [-0.2, -0.15) is 8.78 Å². The van der Waals surface area contributed by atoms with E-state index in [2.05, 4.69) is 4.74 Å². The van der Waals surface area contributed by atoms with Crippen molar-refractivity contribution in [2.45, 2.75) is 32.3 Å². The molecule has 0 unspecified atom stereocenters. The van der Waals surface area contributed by atoms with Crippen LogP contribution < -0.4 is 0 Å². The molecule has 2 rings (SSSR count). The largest absolute Gasteiger partial charge is 0.345 e. The normalized spacial score (nSPS) is 23.5. The van der Waals surface area contributed by atoms with E-state index in [0.29, 0.717) is 12.0 Å². The standard InChI is InChI=1S/C10H15F2NO2/c11-9(12)15-6-8(14)13-5-1-2-10(7-13)3-4-10/h9H,1-7H2. The van der Waals surface area contributed by atoms with E-state index in [9.17, 15) is 13.6 Å². The first-order chi connectivity index (χ1) is 7.11. The Balaban J connectivity index is 1.79. The van der Waals surface area contributed by atoms with E-state index in [4.69, 9.17) is 0 Å². The van der Waals surface area contributed by atoms with Crippen molar-refractivity contribution < 1.29 is 18.3 Å². The van der Waals surface area contributed by atoms with Crippen LogP contribution >= 0.6 is 0 Å². The molecule has 3 nitrogen and oxygen atoms in total. The van der Waals surface area contributed by atoms with E-state index < -0.39 is 13.2 Å². The van der Waals surface area contributed by atoms with E-state index >= 15 is 0 Å². The van der Waals surface area contributed by atoms with Gasteiger partial charge in [0.05, 0.1) is 0 Å². The fourth-order valence-corrected chi connectivity index (χ4v) is 2.23. The summed E-state index contributed by atoms with van der Waals surface area (Å²) in [6.07, 6.45) is 4.51. The first-order valence-corrected chi connectivity index (χ1v) is 5.29. The van der Waals surface area contributed by atoms with E-state index in [0.717, 1.165) is 13.0 Å². The molecule has 1 saturated carbocycles. The number of ether oxygens (including phenoxy) is 1. The minimum absolute atomic E-state index is 0.304. The van der Waals surface area contributed by atoms with Crippen molar-refractivity contribution in [2.24, 2.45) is 5.41 Å². The highest BCUT2D eigenvalue weighted by atomic mass is 19.3. The Morgan fingerprint density at radius 1 is 1.40 bits per heavy atom. The zero-order valence-electron chi connectivity index (χ0n) is 8.55. The maximum Gasteiger partial charge on any atom is 0.345 e. The van der Waals surface area contributed by atoms with Gasteiger partial charge in [0.15, 0.2) is 0 Å². The Morgan fingerprint density at radius 3 is 2.73 bits per heavy atom. The molecule has 86 valence electrons. The molecule has 1 heterocycles. The number of hydrogen-bond acceptors (Lipinski definition) is 2. The summed E-state index contributed by atoms with van der Waals surface area (Å²) in [6, 6.07) is 0. The lowest BCUT2D eigenvalue weighted by molar-refractivity contribution is -0.161. The number of likely N-dealkylation sites (tertiary alicyclic amines) is 1. The van der Waals surface area contributed by atoms with Gasteiger partial charge in [-0.15, -0.1) is 0 Å². The third kappa shape index (κ3) is 2.65. The number of rotatable bonds is 3. The predicted molar refractivity (Wildman–Crippen MR) is 49.4 cm³/mol. The van der Waals surface area contributed by atoms with E-state index in [1.807, 2.05) is 0 Å². The van der Waals surface area contributed by atoms with Crippen molar-refractivity contribution in [3.8, 4) is 0 Å². The Hall–Kier alpha value is -0.710. The van der Waals surface area contributed by atoms with Crippen LogP contribution in [0.4, 0.5) is 8.78 Å². The molecule has 1 saturated heterocycles. The number of carbonyl (C=O) groups excluding carboxylic acids is 1. The molecule has 2 fully saturated rings. The van der Waals surface area contributed by atoms with Crippen molar-refractivity contribution in [3.05, 3.63) is 0 Å². The van der Waals surface area contributed by atoms with E-state index in [-0.39, 0.29) is 5.91 Å². The molecule has 2 aliphatic rings. The van der Waals surface area contributed by atoms with Gasteiger partial charge < -0.3 is 9.64 Å². The molecule has 1 aliphatic carbocycles. The highest BCUT2D eigenvalue weighted by Crippen LogP contribution is 2.51. The quantitative estimate of drug-likeness (QED) is 0.722. The molecule has 1 amide bonds. The monoisotopic (exact) mass is 219 g/mol. The summed E-state index contributed by atoms with van der Waals surface area (Å²) < 4.78 is 27.5. The smallest absolute Gasteiger partial charge is 0.340 e. The second-order valence-electron chi connectivity index (χ2n) is 4.49. The molecule has 0 bridgehead atoms. The van der Waals surface area contributed by atoms with Crippen molar-refractivity contribution >= 4 is 5.91 Å². The molecule has 1 spiro atoms. The van der Waals surface area contributed by atoms with Gasteiger partial charge in [-0.25, -0.2) is 0 Å². The zero-order chi connectivity index (χ0) is 10.9. The lowest BCUT2D eigenvalue weighted by Crippen LogP contribution is -2.42. The maximum atomic E-state index is 11.7. The zero-order valence-corrected chi connectivity index (χ0v) is 8.55. The van der Waals surface area contributed by atoms with Crippen LogP contribution in [-0.2, 0) is 9.53 Å². The summed E-state index contributed by atoms with van der Waals surface area (Å²) in [5, 5.41) is 0. The fraction of sp³-hybridized carbons (Fsp3) is 0.900. The molecule has 15 heavy (non-hydrogen) atoms. The van der Waals surface area contributed by atoms with Crippen LogP contribution in [0.2, 0.25) is 0 Å². The summed E-state index contributed by atoms with van der Waals surface area (Å²) in [5.74, 6) is -0.304. The third-order valence-corrected chi connectivity index (χ3v) is 3.30. The first kappa shape index (κ1) is 10.8. The Morgan fingerprint density at radius 2 is 2.13 bits per heavy atom. The Labute approximate surface area is 87.4 Å². The molecule has 0 N–H and O–H groups in total. The number of amides is 1. The molecule has 5 heteroatoms. The average Bonchev–Trinajstić information content (AvgIpc) is 2.94. The van der Waals surface area contributed by atoms with Crippen LogP contribution in [0.3, 0.4) is 0 Å². The van der Waals surface area contributed by atoms with Gasteiger partial charge in [-0.05, 0) is 31.1 Å². The average molecular weight is 219 g/mol. The number of halogens is 2. The van der Waals surface area contributed by atoms with Crippen LogP contribution in [0.1, 0.15) is 25.7 Å². The number of alkyl halides is 2. The molecule has 0 aromatic carbocycles. The summed E-state index contributed by atoms with van der Waals surface area (Å²) >= 11 is 0. The Kier molecular flexibility index (Phi) is 2.91. The molecule has 1 aliphatic heterocycles. The summed E-state index contributed by atoms with van der Waals surface area (Å²) in [5.41, 5.74) is 0.332. The van der Waals surface area contributed by atoms with E-state index in [1.165, 1.54) is 19.3 Å². The van der Waals surface area contributed by atoms with Crippen LogP contribution in [0.5, 0.6) is 0 Å². The van der Waals surface area contributed by atoms with Gasteiger partial charge >= 0.3 is 6.61 Å². The van der Waals surface area contributed by atoms with Crippen molar-refractivity contribution in [1.82, 2.24) is 4.90 Å². The molecule has 0 aromatic rings. The van der Waals surface area contributed by atoms with Crippen LogP contribution in [-0.4, -0.2) is 37.1 Å². The lowest BCUT2D eigenvalue weighted by Gasteiger charge is -2.32. The minimum atomic E-state index is -2.85. The van der Waals surface area contributed by atoms with Crippen LogP contribution in [0, 0.1) is 5.41 Å². The van der Waals surface area contributed by atoms with Gasteiger partial charge in [-0.1, -0.05) is 0 Å². The predicted octanol–water partition coefficient (Wildman–Crippen LogP) is 1.63. The molecule has 0 aromatic heterocycles. The second-order valence-corrected chi connectivity index (χ2v) is 4.49. The molecule has 0 atom stereocenters. The lowest BCUT2D eigenvalue weighted by atomic mass is 9.95. The first-order valence-electron chi connectivity index (χ1n) is 5.29. The number of piperidine rings is 1. The SMILES string of the molecule is O=C(COC(F)F)N1CCCC2(CC2)C1. The van der Waals surface area contributed by atoms with Crippen molar-refractivity contribution in [1.29, 1.82) is 0 Å². The molecule has 0 radical (unpaired) electrons. The number of nitrogens with zero attached hydrogens (tertiary/aromatic N) is 1. The summed E-state index contributed by atoms with van der Waals surface area (Å²) in [7, 11) is 0. The topological polar surface area (TPSA) is 29.5 Å². The summed E-state index contributed by atoms with van der Waals surface area (Å²) in [6.45, 7) is -1.92. The maximum absolute atomic E-state index is 11.7. The molecular weight excluding hydrogens is 204 g/mol. The van der Waals surface area contributed by atoms with Crippen molar-refractivity contribution in [2.75, 3.05) is 19.7 Å². The van der Waals surface area contributed by atoms with Crippen LogP contribution in [0.15, 0.2) is 0 Å². The molecular formula is C10H15F2NO2. The number of carbonyl (C=O) groups is 1. The Bertz CT molecular complexity index is 254. The third-order valence-electron chi connectivity index (χ3n) is 3.30. The van der Waals surface area contributed by atoms with Gasteiger partial charge in [0.1, 0.15) is 6.61 Å². The second kappa shape index (κ2) is 4.04. The van der Waals surface area contributed by atoms with Gasteiger partial charge in [0.25, 0.3) is 0 Å².